The molecule has 0 radical (unpaired) electrons. The smallest absolute Gasteiger partial charge is 0.128 e. The average Bonchev–Trinajstić information content (AvgIpc) is 2.19. The number of anilines is 1. The van der Waals surface area contributed by atoms with Gasteiger partial charge >= 0.3 is 0 Å². The number of pyridine rings is 1. The molecule has 0 bridgehead atoms. The van der Waals surface area contributed by atoms with Crippen molar-refractivity contribution in [1.82, 2.24) is 4.98 Å². The highest BCUT2D eigenvalue weighted by Crippen LogP contribution is 2.18. The van der Waals surface area contributed by atoms with Crippen molar-refractivity contribution in [2.45, 2.75) is 6.61 Å². The van der Waals surface area contributed by atoms with Gasteiger partial charge in [-0.2, -0.15) is 0 Å². The van der Waals surface area contributed by atoms with Crippen molar-refractivity contribution in [3.63, 3.8) is 0 Å². The first kappa shape index (κ1) is 11.2. The minimum absolute atomic E-state index is 0.0647. The maximum Gasteiger partial charge on any atom is 0.128 e. The molecule has 0 fully saturated rings. The number of likely N-dealkylation sites (N-methyl/N-ethyl adjacent to an activating group) is 1. The zero-order valence-corrected chi connectivity index (χ0v) is 8.70. The molecule has 14 heavy (non-hydrogen) atoms. The van der Waals surface area contributed by atoms with Crippen LogP contribution in [0, 0.1) is 0 Å². The molecule has 0 unspecified atom stereocenters. The van der Waals surface area contributed by atoms with Gasteiger partial charge in [-0.05, 0) is 12.1 Å². The van der Waals surface area contributed by atoms with Crippen LogP contribution in [0.15, 0.2) is 12.1 Å². The van der Waals surface area contributed by atoms with Gasteiger partial charge in [-0.3, -0.25) is 0 Å². The summed E-state index contributed by atoms with van der Waals surface area (Å²) in [5.74, 6) is 0.688. The fourth-order valence-corrected chi connectivity index (χ4v) is 1.23. The van der Waals surface area contributed by atoms with Gasteiger partial charge in [0, 0.05) is 13.6 Å². The molecule has 0 aliphatic carbocycles. The molecule has 78 valence electrons. The molecule has 1 aromatic rings. The molecular weight excluding hydrogens is 204 g/mol. The lowest BCUT2D eigenvalue weighted by atomic mass is 10.3. The fourth-order valence-electron chi connectivity index (χ4n) is 1.06. The van der Waals surface area contributed by atoms with Crippen LogP contribution in [-0.2, 0) is 6.61 Å². The highest BCUT2D eigenvalue weighted by atomic mass is 35.5. The van der Waals surface area contributed by atoms with Gasteiger partial charge in [0.15, 0.2) is 0 Å². The van der Waals surface area contributed by atoms with Crippen molar-refractivity contribution < 1.29 is 10.2 Å². The number of rotatable bonds is 4. The van der Waals surface area contributed by atoms with Crippen LogP contribution in [0.25, 0.3) is 0 Å². The molecule has 1 aromatic heterocycles. The summed E-state index contributed by atoms with van der Waals surface area (Å²) in [4.78, 5) is 5.93. The predicted molar refractivity (Wildman–Crippen MR) is 55.5 cm³/mol. The van der Waals surface area contributed by atoms with E-state index in [1.807, 2.05) is 7.05 Å². The van der Waals surface area contributed by atoms with Crippen molar-refractivity contribution in [2.24, 2.45) is 0 Å². The molecule has 2 N–H and O–H groups in total. The summed E-state index contributed by atoms with van der Waals surface area (Å²) in [5, 5.41) is 18.1. The van der Waals surface area contributed by atoms with Crippen LogP contribution in [0.1, 0.15) is 5.69 Å². The zero-order valence-electron chi connectivity index (χ0n) is 7.94. The van der Waals surface area contributed by atoms with Gasteiger partial charge in [0.1, 0.15) is 5.82 Å². The highest BCUT2D eigenvalue weighted by molar-refractivity contribution is 6.31. The Morgan fingerprint density at radius 2 is 2.14 bits per heavy atom. The van der Waals surface area contributed by atoms with Crippen LogP contribution in [0.4, 0.5) is 5.82 Å². The summed E-state index contributed by atoms with van der Waals surface area (Å²) in [6.45, 7) is 0.383. The van der Waals surface area contributed by atoms with Gasteiger partial charge in [-0.15, -0.1) is 0 Å². The maximum absolute atomic E-state index is 8.94. The highest BCUT2D eigenvalue weighted by Gasteiger charge is 2.05. The first-order valence-corrected chi connectivity index (χ1v) is 4.65. The van der Waals surface area contributed by atoms with E-state index in [9.17, 15) is 0 Å². The van der Waals surface area contributed by atoms with Crippen molar-refractivity contribution in [3.8, 4) is 0 Å². The Bertz CT molecular complexity index is 307. The molecule has 0 aliphatic heterocycles. The second kappa shape index (κ2) is 5.14. The third-order valence-electron chi connectivity index (χ3n) is 1.88. The molecule has 0 saturated carbocycles. The van der Waals surface area contributed by atoms with E-state index in [1.165, 1.54) is 0 Å². The standard InChI is InChI=1S/C9H13ClN2O2/c1-12(4-5-13)9-3-2-7(10)8(6-14)11-9/h2-3,13-14H,4-6H2,1H3. The van der Waals surface area contributed by atoms with E-state index in [-0.39, 0.29) is 13.2 Å². The molecule has 0 aliphatic rings. The Hall–Kier alpha value is -0.840. The number of aliphatic hydroxyl groups excluding tert-OH is 2. The minimum Gasteiger partial charge on any atom is -0.395 e. The van der Waals surface area contributed by atoms with E-state index in [2.05, 4.69) is 4.98 Å². The SMILES string of the molecule is CN(CCO)c1ccc(Cl)c(CO)n1. The molecule has 0 spiro atoms. The summed E-state index contributed by atoms with van der Waals surface area (Å²) >= 11 is 5.79. The zero-order chi connectivity index (χ0) is 10.6. The minimum atomic E-state index is -0.181. The molecule has 0 aromatic carbocycles. The van der Waals surface area contributed by atoms with Gasteiger partial charge in [-0.25, -0.2) is 4.98 Å². The van der Waals surface area contributed by atoms with E-state index in [0.29, 0.717) is 23.1 Å². The summed E-state index contributed by atoms with van der Waals surface area (Å²) in [6.07, 6.45) is 0. The van der Waals surface area contributed by atoms with E-state index in [1.54, 1.807) is 17.0 Å². The Morgan fingerprint density at radius 3 is 2.71 bits per heavy atom. The Labute approximate surface area is 87.8 Å². The average molecular weight is 217 g/mol. The summed E-state index contributed by atoms with van der Waals surface area (Å²) in [7, 11) is 1.81. The van der Waals surface area contributed by atoms with Crippen LogP contribution in [0.5, 0.6) is 0 Å². The topological polar surface area (TPSA) is 56.6 Å². The lowest BCUT2D eigenvalue weighted by Gasteiger charge is -2.17. The Balaban J connectivity index is 2.88. The predicted octanol–water partition coefficient (Wildman–Crippen LogP) is 0.656. The first-order valence-electron chi connectivity index (χ1n) is 4.27. The second-order valence-electron chi connectivity index (χ2n) is 2.90. The van der Waals surface area contributed by atoms with Crippen molar-refractivity contribution in [1.29, 1.82) is 0 Å². The lowest BCUT2D eigenvalue weighted by molar-refractivity contribution is 0.277. The van der Waals surface area contributed by atoms with Crippen LogP contribution >= 0.6 is 11.6 Å². The number of nitrogens with zero attached hydrogens (tertiary/aromatic N) is 2. The third-order valence-corrected chi connectivity index (χ3v) is 2.22. The van der Waals surface area contributed by atoms with Crippen LogP contribution in [0.3, 0.4) is 0 Å². The van der Waals surface area contributed by atoms with Crippen molar-refractivity contribution in [2.75, 3.05) is 25.1 Å². The molecule has 0 amide bonds. The monoisotopic (exact) mass is 216 g/mol. The number of aromatic nitrogens is 1. The molecule has 1 heterocycles. The Kier molecular flexibility index (Phi) is 4.13. The van der Waals surface area contributed by atoms with E-state index in [4.69, 9.17) is 21.8 Å². The maximum atomic E-state index is 8.94. The van der Waals surface area contributed by atoms with Crippen molar-refractivity contribution in [3.05, 3.63) is 22.8 Å². The summed E-state index contributed by atoms with van der Waals surface area (Å²) in [5.41, 5.74) is 0.453. The molecule has 5 heteroatoms. The lowest BCUT2D eigenvalue weighted by Crippen LogP contribution is -2.22. The van der Waals surface area contributed by atoms with Crippen molar-refractivity contribution >= 4 is 17.4 Å². The van der Waals surface area contributed by atoms with E-state index in [0.717, 1.165) is 0 Å². The number of hydrogen-bond acceptors (Lipinski definition) is 4. The van der Waals surface area contributed by atoms with E-state index < -0.39 is 0 Å². The fraction of sp³-hybridized carbons (Fsp3) is 0.444. The molecular formula is C9H13ClN2O2. The molecule has 4 nitrogen and oxygen atoms in total. The molecule has 0 saturated heterocycles. The largest absolute Gasteiger partial charge is 0.395 e. The van der Waals surface area contributed by atoms with Gasteiger partial charge in [0.25, 0.3) is 0 Å². The third kappa shape index (κ3) is 2.57. The van der Waals surface area contributed by atoms with Crippen LogP contribution in [0.2, 0.25) is 5.02 Å². The quantitative estimate of drug-likeness (QED) is 0.776. The van der Waals surface area contributed by atoms with Gasteiger partial charge in [0.05, 0.1) is 23.9 Å². The number of halogens is 1. The van der Waals surface area contributed by atoms with Crippen LogP contribution < -0.4 is 4.90 Å². The first-order chi connectivity index (χ1) is 6.69. The normalized spacial score (nSPS) is 10.3. The van der Waals surface area contributed by atoms with E-state index >= 15 is 0 Å². The summed E-state index contributed by atoms with van der Waals surface area (Å²) in [6, 6.07) is 3.43. The Morgan fingerprint density at radius 1 is 1.43 bits per heavy atom. The second-order valence-corrected chi connectivity index (χ2v) is 3.31. The van der Waals surface area contributed by atoms with Gasteiger partial charge < -0.3 is 15.1 Å². The molecule has 1 rings (SSSR count). The van der Waals surface area contributed by atoms with Crippen LogP contribution in [-0.4, -0.2) is 35.4 Å². The van der Waals surface area contributed by atoms with Gasteiger partial charge in [0.2, 0.25) is 0 Å². The number of aliphatic hydroxyl groups is 2. The summed E-state index contributed by atoms with van der Waals surface area (Å²) < 4.78 is 0. The number of hydrogen-bond donors (Lipinski definition) is 2. The van der Waals surface area contributed by atoms with Gasteiger partial charge in [-0.1, -0.05) is 11.6 Å². The molecule has 0 atom stereocenters.